The van der Waals surface area contributed by atoms with Gasteiger partial charge in [-0.2, -0.15) is 4.39 Å². The van der Waals surface area contributed by atoms with E-state index in [1.165, 1.54) is 12.3 Å². The molecule has 1 atom stereocenters. The molecule has 5 rings (SSSR count). The molecule has 140 valence electrons. The normalized spacial score (nSPS) is 17.4. The van der Waals surface area contributed by atoms with Crippen LogP contribution in [-0.4, -0.2) is 35.1 Å². The number of aromatic nitrogens is 2. The van der Waals surface area contributed by atoms with Gasteiger partial charge in [-0.15, -0.1) is 0 Å². The molecular weight excluding hydrogens is 357 g/mol. The molecular formula is C21H18FN5O. The maximum absolute atomic E-state index is 13.6. The molecule has 1 aromatic carbocycles. The lowest BCUT2D eigenvalue weighted by atomic mass is 10.1. The monoisotopic (exact) mass is 375 g/mol. The first-order valence-corrected chi connectivity index (χ1v) is 9.22. The van der Waals surface area contributed by atoms with Crippen molar-refractivity contribution in [1.82, 2.24) is 9.97 Å². The average molecular weight is 375 g/mol. The molecule has 2 aromatic heterocycles. The van der Waals surface area contributed by atoms with E-state index < -0.39 is 5.95 Å². The molecule has 0 unspecified atom stereocenters. The number of hydrogen-bond acceptors (Lipinski definition) is 4. The number of urea groups is 1. The van der Waals surface area contributed by atoms with Crippen molar-refractivity contribution in [2.45, 2.75) is 12.5 Å². The van der Waals surface area contributed by atoms with Crippen LogP contribution in [0, 0.1) is 5.95 Å². The third kappa shape index (κ3) is 2.85. The zero-order chi connectivity index (χ0) is 19.1. The lowest BCUT2D eigenvalue weighted by molar-refractivity contribution is 0.255. The zero-order valence-corrected chi connectivity index (χ0v) is 15.0. The van der Waals surface area contributed by atoms with E-state index in [9.17, 15) is 9.18 Å². The maximum atomic E-state index is 13.6. The van der Waals surface area contributed by atoms with Gasteiger partial charge in [0.2, 0.25) is 5.95 Å². The second-order valence-corrected chi connectivity index (χ2v) is 6.96. The summed E-state index contributed by atoms with van der Waals surface area (Å²) in [5, 5.41) is 2.96. The molecule has 2 aliphatic rings. The Hall–Kier alpha value is -3.48. The molecule has 28 heavy (non-hydrogen) atoms. The van der Waals surface area contributed by atoms with Crippen molar-refractivity contribution in [3.63, 3.8) is 0 Å². The van der Waals surface area contributed by atoms with Crippen LogP contribution in [0.2, 0.25) is 0 Å². The van der Waals surface area contributed by atoms with Crippen molar-refractivity contribution >= 4 is 23.2 Å². The van der Waals surface area contributed by atoms with Crippen molar-refractivity contribution in [3.05, 3.63) is 66.7 Å². The summed E-state index contributed by atoms with van der Waals surface area (Å²) in [6.07, 6.45) is 2.30. The number of benzene rings is 1. The van der Waals surface area contributed by atoms with Gasteiger partial charge in [-0.1, -0.05) is 18.2 Å². The molecule has 0 spiro atoms. The minimum Gasteiger partial charge on any atom is -0.366 e. The van der Waals surface area contributed by atoms with Crippen molar-refractivity contribution < 1.29 is 9.18 Å². The largest absolute Gasteiger partial charge is 0.366 e. The standard InChI is InChI=1S/C21H18FN5O/c22-19-12-14(8-10-23-19)17-6-7-18-20(25-17)27(16-9-11-26(18)13-16)21(28)24-15-4-2-1-3-5-15/h1-8,10,12,16H,9,11,13H2,(H,24,28)/t16-/m0/s1. The first-order valence-electron chi connectivity index (χ1n) is 9.22. The summed E-state index contributed by atoms with van der Waals surface area (Å²) < 4.78 is 13.6. The Balaban J connectivity index is 1.54. The number of pyridine rings is 2. The Morgan fingerprint density at radius 2 is 2.00 bits per heavy atom. The molecule has 7 heteroatoms. The number of hydrogen-bond donors (Lipinski definition) is 1. The number of para-hydroxylation sites is 1. The summed E-state index contributed by atoms with van der Waals surface area (Å²) >= 11 is 0. The van der Waals surface area contributed by atoms with Crippen LogP contribution in [-0.2, 0) is 0 Å². The topological polar surface area (TPSA) is 61.4 Å². The number of halogens is 1. The van der Waals surface area contributed by atoms with Gasteiger partial charge in [0, 0.05) is 36.6 Å². The van der Waals surface area contributed by atoms with Gasteiger partial charge in [-0.25, -0.2) is 14.8 Å². The summed E-state index contributed by atoms with van der Waals surface area (Å²) in [6.45, 7) is 1.68. The van der Waals surface area contributed by atoms with Gasteiger partial charge in [0.15, 0.2) is 5.82 Å². The van der Waals surface area contributed by atoms with E-state index in [1.807, 2.05) is 42.5 Å². The summed E-state index contributed by atoms with van der Waals surface area (Å²) in [4.78, 5) is 25.4. The highest BCUT2D eigenvalue weighted by Gasteiger charge is 2.40. The third-order valence-corrected chi connectivity index (χ3v) is 5.22. The summed E-state index contributed by atoms with van der Waals surface area (Å²) in [5.41, 5.74) is 2.91. The fourth-order valence-electron chi connectivity index (χ4n) is 3.90. The molecule has 2 amide bonds. The molecule has 0 radical (unpaired) electrons. The molecule has 4 heterocycles. The average Bonchev–Trinajstić information content (AvgIpc) is 3.13. The van der Waals surface area contributed by atoms with Crippen LogP contribution >= 0.6 is 0 Å². The summed E-state index contributed by atoms with van der Waals surface area (Å²) in [7, 11) is 0. The first kappa shape index (κ1) is 16.7. The fraction of sp³-hybridized carbons (Fsp3) is 0.190. The molecule has 0 aliphatic carbocycles. The van der Waals surface area contributed by atoms with E-state index >= 15 is 0 Å². The quantitative estimate of drug-likeness (QED) is 0.690. The van der Waals surface area contributed by atoms with Gasteiger partial charge in [0.25, 0.3) is 0 Å². The molecule has 1 N–H and O–H groups in total. The number of nitrogens with zero attached hydrogens (tertiary/aromatic N) is 4. The molecule has 2 aliphatic heterocycles. The second-order valence-electron chi connectivity index (χ2n) is 6.96. The predicted molar refractivity (Wildman–Crippen MR) is 106 cm³/mol. The lowest BCUT2D eigenvalue weighted by Gasteiger charge is -2.36. The highest BCUT2D eigenvalue weighted by Crippen LogP contribution is 2.40. The number of anilines is 3. The van der Waals surface area contributed by atoms with Crippen molar-refractivity contribution in [2.24, 2.45) is 0 Å². The van der Waals surface area contributed by atoms with Crippen molar-refractivity contribution in [1.29, 1.82) is 0 Å². The van der Waals surface area contributed by atoms with Gasteiger partial charge in [0.05, 0.1) is 17.4 Å². The van der Waals surface area contributed by atoms with E-state index in [0.29, 0.717) is 17.1 Å². The Morgan fingerprint density at radius 3 is 2.82 bits per heavy atom. The van der Waals surface area contributed by atoms with Gasteiger partial charge >= 0.3 is 6.03 Å². The van der Waals surface area contributed by atoms with Crippen LogP contribution < -0.4 is 15.1 Å². The minimum atomic E-state index is -0.556. The second kappa shape index (κ2) is 6.60. The number of carbonyl (C=O) groups is 1. The van der Waals surface area contributed by atoms with Crippen LogP contribution in [0.15, 0.2) is 60.8 Å². The van der Waals surface area contributed by atoms with E-state index in [-0.39, 0.29) is 12.1 Å². The molecule has 6 nitrogen and oxygen atoms in total. The Bertz CT molecular complexity index is 1040. The third-order valence-electron chi connectivity index (χ3n) is 5.22. The molecule has 1 saturated heterocycles. The van der Waals surface area contributed by atoms with Crippen molar-refractivity contribution in [3.8, 4) is 11.3 Å². The summed E-state index contributed by atoms with van der Waals surface area (Å²) in [5.74, 6) is 0.0522. The summed E-state index contributed by atoms with van der Waals surface area (Å²) in [6, 6.07) is 16.1. The van der Waals surface area contributed by atoms with Crippen LogP contribution in [0.1, 0.15) is 6.42 Å². The van der Waals surface area contributed by atoms with Gasteiger partial charge in [-0.05, 0) is 36.8 Å². The van der Waals surface area contributed by atoms with Crippen LogP contribution in [0.5, 0.6) is 0 Å². The zero-order valence-electron chi connectivity index (χ0n) is 15.0. The van der Waals surface area contributed by atoms with E-state index in [1.54, 1.807) is 11.0 Å². The van der Waals surface area contributed by atoms with E-state index in [4.69, 9.17) is 4.98 Å². The first-order chi connectivity index (χ1) is 13.7. The predicted octanol–water partition coefficient (Wildman–Crippen LogP) is 3.91. The van der Waals surface area contributed by atoms with Crippen LogP contribution in [0.25, 0.3) is 11.3 Å². The van der Waals surface area contributed by atoms with Crippen LogP contribution in [0.3, 0.4) is 0 Å². The van der Waals surface area contributed by atoms with E-state index in [2.05, 4.69) is 15.2 Å². The SMILES string of the molecule is O=C(Nc1ccccc1)N1c2nc(-c3ccnc(F)c3)ccc2N2CC[C@H]1C2. The van der Waals surface area contributed by atoms with Crippen molar-refractivity contribution in [2.75, 3.05) is 28.2 Å². The van der Waals surface area contributed by atoms with Gasteiger partial charge in [0.1, 0.15) is 0 Å². The number of fused-ring (bicyclic) bond motifs is 4. The molecule has 1 fully saturated rings. The Kier molecular flexibility index (Phi) is 3.93. The highest BCUT2D eigenvalue weighted by molar-refractivity contribution is 6.04. The maximum Gasteiger partial charge on any atom is 0.327 e. The van der Waals surface area contributed by atoms with Crippen LogP contribution in [0.4, 0.5) is 26.4 Å². The lowest BCUT2D eigenvalue weighted by Crippen LogP contribution is -2.48. The molecule has 0 saturated carbocycles. The van der Waals surface area contributed by atoms with Gasteiger partial charge < -0.3 is 10.2 Å². The number of amides is 2. The molecule has 3 aromatic rings. The minimum absolute atomic E-state index is 0.0631. The smallest absolute Gasteiger partial charge is 0.327 e. The Labute approximate surface area is 161 Å². The number of nitrogens with one attached hydrogen (secondary N) is 1. The number of carbonyl (C=O) groups excluding carboxylic acids is 1. The molecule has 2 bridgehead atoms. The highest BCUT2D eigenvalue weighted by atomic mass is 19.1. The van der Waals surface area contributed by atoms with Gasteiger partial charge in [-0.3, -0.25) is 4.90 Å². The van der Waals surface area contributed by atoms with E-state index in [0.717, 1.165) is 30.9 Å². The Morgan fingerprint density at radius 1 is 1.14 bits per heavy atom. The number of rotatable bonds is 2. The fourth-order valence-corrected chi connectivity index (χ4v) is 3.90.